The molecule has 0 bridgehead atoms. The van der Waals surface area contributed by atoms with Crippen LogP contribution in [0.4, 0.5) is 0 Å². The van der Waals surface area contributed by atoms with Crippen LogP contribution in [-0.2, 0) is 30.2 Å². The Balaban J connectivity index is 3.00. The van der Waals surface area contributed by atoms with Crippen molar-refractivity contribution in [1.29, 1.82) is 0 Å². The lowest BCUT2D eigenvalue weighted by molar-refractivity contribution is -0.162. The molecule has 0 radical (unpaired) electrons. The Hall–Kier alpha value is -0.720. The highest BCUT2D eigenvalue weighted by Crippen LogP contribution is 2.29. The highest BCUT2D eigenvalue weighted by molar-refractivity contribution is 14.1. The average molecular weight is 479 g/mol. The van der Waals surface area contributed by atoms with E-state index in [0.717, 1.165) is 4.90 Å². The minimum atomic E-state index is -2.49. The molecular weight excluding hydrogens is 463 g/mol. The number of ether oxygens (including phenoxy) is 1. The first-order chi connectivity index (χ1) is 10.8. The number of likely N-dealkylation sites (tertiary alicyclic amines) is 1. The molecule has 0 aromatic carbocycles. The maximum Gasteiger partial charge on any atom is 0.333 e. The van der Waals surface area contributed by atoms with E-state index in [2.05, 4.69) is 11.9 Å². The fourth-order valence-electron chi connectivity index (χ4n) is 2.09. The van der Waals surface area contributed by atoms with Gasteiger partial charge in [-0.3, -0.25) is 9.59 Å². The lowest BCUT2D eigenvalue weighted by atomic mass is 9.99. The number of halogens is 2. The molecule has 0 aliphatic carbocycles. The van der Waals surface area contributed by atoms with Gasteiger partial charge >= 0.3 is 5.97 Å². The first-order valence-electron chi connectivity index (χ1n) is 6.41. The van der Waals surface area contributed by atoms with Crippen molar-refractivity contribution >= 4 is 63.1 Å². The van der Waals surface area contributed by atoms with E-state index in [1.165, 1.54) is 6.92 Å². The molecule has 8 nitrogen and oxygen atoms in total. The van der Waals surface area contributed by atoms with Crippen LogP contribution in [-0.4, -0.2) is 65.8 Å². The van der Waals surface area contributed by atoms with Gasteiger partial charge in [-0.25, -0.2) is 9.00 Å². The minimum Gasteiger partial charge on any atom is -0.463 e. The summed E-state index contributed by atoms with van der Waals surface area (Å²) in [4.78, 5) is 36.6. The topological polar surface area (TPSA) is 113 Å². The van der Waals surface area contributed by atoms with Crippen LogP contribution >= 0.6 is 34.2 Å². The third kappa shape index (κ3) is 4.64. The van der Waals surface area contributed by atoms with Gasteiger partial charge in [0.15, 0.2) is 22.5 Å². The van der Waals surface area contributed by atoms with Crippen LogP contribution in [0.2, 0.25) is 0 Å². The number of esters is 1. The van der Waals surface area contributed by atoms with Crippen molar-refractivity contribution in [3.63, 3.8) is 0 Å². The second-order valence-corrected chi connectivity index (χ2v) is 7.08. The molecule has 0 spiro atoms. The molecule has 1 heterocycles. The predicted molar refractivity (Wildman–Crippen MR) is 92.5 cm³/mol. The molecule has 0 aromatic heterocycles. The Morgan fingerprint density at radius 2 is 2.22 bits per heavy atom. The third-order valence-corrected chi connectivity index (χ3v) is 4.61. The maximum atomic E-state index is 12.2. The van der Waals surface area contributed by atoms with Gasteiger partial charge in [0.25, 0.3) is 5.91 Å². The molecule has 11 heteroatoms. The summed E-state index contributed by atoms with van der Waals surface area (Å²) < 4.78 is 26.5. The summed E-state index contributed by atoms with van der Waals surface area (Å²) in [6, 6.07) is -2.40. The number of nitrogens with zero attached hydrogens (tertiary/aromatic N) is 1. The molecule has 0 saturated carbocycles. The second kappa shape index (κ2) is 8.94. The number of nitrogens with one attached hydrogen (secondary N) is 1. The van der Waals surface area contributed by atoms with Crippen molar-refractivity contribution in [2.24, 2.45) is 0 Å². The zero-order chi connectivity index (χ0) is 17.7. The smallest absolute Gasteiger partial charge is 0.333 e. The van der Waals surface area contributed by atoms with Gasteiger partial charge in [0, 0.05) is 4.43 Å². The monoisotopic (exact) mass is 478 g/mol. The molecule has 4 atom stereocenters. The zero-order valence-electron chi connectivity index (χ0n) is 12.2. The molecule has 1 fully saturated rings. The van der Waals surface area contributed by atoms with E-state index in [9.17, 15) is 23.1 Å². The van der Waals surface area contributed by atoms with Crippen molar-refractivity contribution in [1.82, 2.24) is 10.2 Å². The number of carbonyl (C=O) groups excluding carboxylic acids is 3. The van der Waals surface area contributed by atoms with E-state index in [1.54, 1.807) is 0 Å². The molecule has 23 heavy (non-hydrogen) atoms. The maximum absolute atomic E-state index is 12.2. The lowest BCUT2D eigenvalue weighted by Crippen LogP contribution is -2.75. The zero-order valence-corrected chi connectivity index (χ0v) is 15.9. The first-order valence-corrected chi connectivity index (χ1v) is 9.64. The van der Waals surface area contributed by atoms with Crippen LogP contribution in [0.15, 0.2) is 12.2 Å². The molecule has 1 rings (SSSR count). The van der Waals surface area contributed by atoms with Gasteiger partial charge in [-0.15, -0.1) is 11.6 Å². The SMILES string of the molecule is C=C(C)C(C(=O)OCCI)N1C(=O)C(NC(=O)CCl)C1S(=O)O. The quantitative estimate of drug-likeness (QED) is 0.127. The van der Waals surface area contributed by atoms with Crippen LogP contribution in [0.25, 0.3) is 0 Å². The number of β-lactam (4-membered cyclic amide) rings is 1. The summed E-state index contributed by atoms with van der Waals surface area (Å²) in [6.07, 6.45) is 0. The van der Waals surface area contributed by atoms with Crippen molar-refractivity contribution in [2.75, 3.05) is 16.9 Å². The van der Waals surface area contributed by atoms with Gasteiger partial charge in [0.2, 0.25) is 5.91 Å². The molecule has 1 aliphatic heterocycles. The summed E-state index contributed by atoms with van der Waals surface area (Å²) in [5.74, 6) is -2.45. The second-order valence-electron chi connectivity index (χ2n) is 4.70. The summed E-state index contributed by atoms with van der Waals surface area (Å²) >= 11 is 4.87. The Morgan fingerprint density at radius 1 is 1.61 bits per heavy atom. The third-order valence-electron chi connectivity index (χ3n) is 3.01. The van der Waals surface area contributed by atoms with Crippen LogP contribution in [0.1, 0.15) is 6.92 Å². The normalized spacial score (nSPS) is 22.8. The van der Waals surface area contributed by atoms with Gasteiger partial charge < -0.3 is 19.5 Å². The summed E-state index contributed by atoms with van der Waals surface area (Å²) in [5, 5.41) is 0.980. The standard InChI is InChI=1S/C12H16ClIN2O6S/c1-6(2)9(12(19)22-4-3-14)16-10(18)8(11(16)23(20)21)15-7(17)5-13/h8-9,11H,1,3-5H2,2H3,(H,15,17)(H,20,21). The van der Waals surface area contributed by atoms with E-state index >= 15 is 0 Å². The van der Waals surface area contributed by atoms with E-state index in [-0.39, 0.29) is 12.2 Å². The Morgan fingerprint density at radius 3 is 2.65 bits per heavy atom. The molecule has 1 saturated heterocycles. The van der Waals surface area contributed by atoms with Gasteiger partial charge in [-0.05, 0) is 12.5 Å². The fourth-order valence-corrected chi connectivity index (χ4v) is 3.22. The van der Waals surface area contributed by atoms with Crippen molar-refractivity contribution < 1.29 is 27.9 Å². The highest BCUT2D eigenvalue weighted by Gasteiger charge is 2.56. The number of rotatable bonds is 8. The molecule has 2 N–H and O–H groups in total. The molecule has 130 valence electrons. The summed E-state index contributed by atoms with van der Waals surface area (Å²) in [5.41, 5.74) is 0.286. The van der Waals surface area contributed by atoms with Gasteiger partial charge in [-0.1, -0.05) is 29.2 Å². The molecule has 2 amide bonds. The number of amides is 2. The Labute approximate surface area is 154 Å². The largest absolute Gasteiger partial charge is 0.463 e. The van der Waals surface area contributed by atoms with Crippen molar-refractivity contribution in [2.45, 2.75) is 24.4 Å². The number of hydrogen-bond acceptors (Lipinski definition) is 5. The molecule has 1 aliphatic rings. The Kier molecular flexibility index (Phi) is 7.90. The van der Waals surface area contributed by atoms with E-state index in [0.29, 0.717) is 4.43 Å². The summed E-state index contributed by atoms with van der Waals surface area (Å²) in [6.45, 7) is 5.28. The van der Waals surface area contributed by atoms with Crippen LogP contribution in [0.5, 0.6) is 0 Å². The fraction of sp³-hybridized carbons (Fsp3) is 0.583. The highest BCUT2D eigenvalue weighted by atomic mass is 127. The van der Waals surface area contributed by atoms with E-state index in [1.807, 2.05) is 22.6 Å². The van der Waals surface area contributed by atoms with Crippen molar-refractivity contribution in [3.05, 3.63) is 12.2 Å². The predicted octanol–water partition coefficient (Wildman–Crippen LogP) is 0.0229. The first kappa shape index (κ1) is 20.3. The molecule has 0 aromatic rings. The van der Waals surface area contributed by atoms with E-state index < -0.39 is 52.2 Å². The van der Waals surface area contributed by atoms with Gasteiger partial charge in [-0.2, -0.15) is 0 Å². The Bertz CT molecular complexity index is 546. The lowest BCUT2D eigenvalue weighted by Gasteiger charge is -2.47. The molecule has 4 unspecified atom stereocenters. The molecular formula is C12H16ClIN2O6S. The van der Waals surface area contributed by atoms with Crippen LogP contribution in [0.3, 0.4) is 0 Å². The van der Waals surface area contributed by atoms with Crippen LogP contribution in [0, 0.1) is 0 Å². The number of carbonyl (C=O) groups is 3. The summed E-state index contributed by atoms with van der Waals surface area (Å²) in [7, 11) is 0. The van der Waals surface area contributed by atoms with Crippen LogP contribution < -0.4 is 5.32 Å². The van der Waals surface area contributed by atoms with Gasteiger partial charge in [0.05, 0.1) is 0 Å². The van der Waals surface area contributed by atoms with Crippen molar-refractivity contribution in [3.8, 4) is 0 Å². The number of hydrogen-bond donors (Lipinski definition) is 2. The van der Waals surface area contributed by atoms with Gasteiger partial charge in [0.1, 0.15) is 18.5 Å². The minimum absolute atomic E-state index is 0.143. The number of alkyl halides is 2. The van der Waals surface area contributed by atoms with E-state index in [4.69, 9.17) is 16.3 Å². The average Bonchev–Trinajstić information content (AvgIpc) is 2.49.